The van der Waals surface area contributed by atoms with Crippen molar-refractivity contribution in [3.8, 4) is 0 Å². The first-order valence-electron chi connectivity index (χ1n) is 6.41. The summed E-state index contributed by atoms with van der Waals surface area (Å²) in [6.45, 7) is 1.94. The number of rotatable bonds is 4. The first kappa shape index (κ1) is 10.8. The van der Waals surface area contributed by atoms with Gasteiger partial charge in [-0.2, -0.15) is 0 Å². The van der Waals surface area contributed by atoms with Gasteiger partial charge in [0.05, 0.1) is 0 Å². The summed E-state index contributed by atoms with van der Waals surface area (Å²) in [5.41, 5.74) is 2.99. The highest BCUT2D eigenvalue weighted by atomic mass is 16.1. The van der Waals surface area contributed by atoms with E-state index in [-0.39, 0.29) is 5.91 Å². The number of hydrogen-bond acceptors (Lipinski definition) is 2. The lowest BCUT2D eigenvalue weighted by Gasteiger charge is -2.30. The van der Waals surface area contributed by atoms with Crippen molar-refractivity contribution < 1.29 is 4.79 Å². The van der Waals surface area contributed by atoms with Crippen molar-refractivity contribution in [3.05, 3.63) is 35.4 Å². The zero-order valence-electron chi connectivity index (χ0n) is 9.91. The van der Waals surface area contributed by atoms with Crippen LogP contribution >= 0.6 is 0 Å². The van der Waals surface area contributed by atoms with Gasteiger partial charge < -0.3 is 10.6 Å². The van der Waals surface area contributed by atoms with Gasteiger partial charge in [0, 0.05) is 31.5 Å². The summed E-state index contributed by atoms with van der Waals surface area (Å²) in [5, 5.41) is 6.46. The van der Waals surface area contributed by atoms with Crippen LogP contribution in [0.4, 0.5) is 0 Å². The minimum absolute atomic E-state index is 0.200. The summed E-state index contributed by atoms with van der Waals surface area (Å²) in [6, 6.07) is 9.00. The van der Waals surface area contributed by atoms with E-state index in [0.717, 1.165) is 19.5 Å². The molecule has 90 valence electrons. The average molecular weight is 230 g/mol. The van der Waals surface area contributed by atoms with Crippen LogP contribution in [0.3, 0.4) is 0 Å². The van der Waals surface area contributed by atoms with E-state index in [2.05, 4.69) is 34.9 Å². The van der Waals surface area contributed by atoms with E-state index in [1.807, 2.05) is 0 Å². The van der Waals surface area contributed by atoms with E-state index in [1.54, 1.807) is 0 Å². The molecule has 17 heavy (non-hydrogen) atoms. The Bertz CT molecular complexity index is 430. The fraction of sp³-hybridized carbons (Fsp3) is 0.500. The molecular weight excluding hydrogens is 212 g/mol. The van der Waals surface area contributed by atoms with Crippen molar-refractivity contribution >= 4 is 5.91 Å². The van der Waals surface area contributed by atoms with Crippen LogP contribution in [0, 0.1) is 0 Å². The van der Waals surface area contributed by atoms with E-state index < -0.39 is 0 Å². The maximum atomic E-state index is 11.0. The molecule has 1 aliphatic heterocycles. The number of fused-ring (bicyclic) bond motifs is 1. The Balaban J connectivity index is 1.43. The first-order valence-corrected chi connectivity index (χ1v) is 6.41. The van der Waals surface area contributed by atoms with E-state index in [0.29, 0.717) is 18.4 Å². The molecule has 3 nitrogen and oxygen atoms in total. The quantitative estimate of drug-likeness (QED) is 0.816. The number of carbonyl (C=O) groups is 1. The second-order valence-electron chi connectivity index (χ2n) is 5.06. The van der Waals surface area contributed by atoms with Gasteiger partial charge in [0.25, 0.3) is 0 Å². The van der Waals surface area contributed by atoms with Gasteiger partial charge >= 0.3 is 0 Å². The topological polar surface area (TPSA) is 41.1 Å². The molecule has 2 unspecified atom stereocenters. The Morgan fingerprint density at radius 2 is 2.18 bits per heavy atom. The molecule has 0 saturated carbocycles. The van der Waals surface area contributed by atoms with Gasteiger partial charge in [0.2, 0.25) is 5.91 Å². The van der Waals surface area contributed by atoms with Crippen molar-refractivity contribution in [1.82, 2.24) is 10.6 Å². The molecule has 1 aromatic carbocycles. The van der Waals surface area contributed by atoms with Crippen LogP contribution in [0.5, 0.6) is 0 Å². The highest BCUT2D eigenvalue weighted by Crippen LogP contribution is 2.33. The molecule has 0 radical (unpaired) electrons. The lowest BCUT2D eigenvalue weighted by atomic mass is 9.77. The minimum Gasteiger partial charge on any atom is -0.352 e. The maximum Gasteiger partial charge on any atom is 0.220 e. The highest BCUT2D eigenvalue weighted by molar-refractivity contribution is 5.78. The van der Waals surface area contributed by atoms with E-state index in [9.17, 15) is 4.79 Å². The van der Waals surface area contributed by atoms with E-state index in [1.165, 1.54) is 17.5 Å². The first-order chi connectivity index (χ1) is 8.33. The second-order valence-corrected chi connectivity index (χ2v) is 5.06. The number of amides is 1. The number of carbonyl (C=O) groups excluding carboxylic acids is 1. The maximum absolute atomic E-state index is 11.0. The summed E-state index contributed by atoms with van der Waals surface area (Å²) in [6.07, 6.45) is 2.87. The van der Waals surface area contributed by atoms with Gasteiger partial charge in [-0.25, -0.2) is 0 Å². The third kappa shape index (κ3) is 2.20. The zero-order chi connectivity index (χ0) is 11.7. The molecule has 1 amide bonds. The number of nitrogens with one attached hydrogen (secondary N) is 2. The van der Waals surface area contributed by atoms with Crippen LogP contribution in [0.25, 0.3) is 0 Å². The van der Waals surface area contributed by atoms with Gasteiger partial charge in [-0.1, -0.05) is 24.3 Å². The summed E-state index contributed by atoms with van der Waals surface area (Å²) < 4.78 is 0. The third-order valence-electron chi connectivity index (χ3n) is 3.83. The van der Waals surface area contributed by atoms with Crippen LogP contribution in [0.15, 0.2) is 24.3 Å². The third-order valence-corrected chi connectivity index (χ3v) is 3.83. The second kappa shape index (κ2) is 4.49. The molecule has 1 fully saturated rings. The molecule has 2 aliphatic rings. The lowest BCUT2D eigenvalue weighted by molar-refractivity contribution is -0.119. The fourth-order valence-corrected chi connectivity index (χ4v) is 2.81. The molecule has 2 N–H and O–H groups in total. The number of hydrogen-bond donors (Lipinski definition) is 2. The minimum atomic E-state index is 0.200. The SMILES string of the molecule is O=C1CCC(CNCC2Cc3ccccc32)N1. The van der Waals surface area contributed by atoms with Gasteiger partial charge in [-0.15, -0.1) is 0 Å². The molecular formula is C14H18N2O. The molecule has 0 aromatic heterocycles. The Morgan fingerprint density at radius 1 is 1.29 bits per heavy atom. The van der Waals surface area contributed by atoms with Crippen molar-refractivity contribution in [2.75, 3.05) is 13.1 Å². The van der Waals surface area contributed by atoms with Gasteiger partial charge in [0.15, 0.2) is 0 Å². The largest absolute Gasteiger partial charge is 0.352 e. The summed E-state index contributed by atoms with van der Waals surface area (Å²) in [5.74, 6) is 0.870. The Kier molecular flexibility index (Phi) is 2.85. The Hall–Kier alpha value is -1.35. The monoisotopic (exact) mass is 230 g/mol. The molecule has 0 spiro atoms. The molecule has 1 aliphatic carbocycles. The van der Waals surface area contributed by atoms with Crippen molar-refractivity contribution in [3.63, 3.8) is 0 Å². The van der Waals surface area contributed by atoms with Crippen molar-refractivity contribution in [2.45, 2.75) is 31.2 Å². The molecule has 1 aromatic rings. The molecule has 2 atom stereocenters. The fourth-order valence-electron chi connectivity index (χ4n) is 2.81. The summed E-state index contributed by atoms with van der Waals surface area (Å²) in [4.78, 5) is 11.0. The van der Waals surface area contributed by atoms with Crippen LogP contribution < -0.4 is 10.6 Å². The van der Waals surface area contributed by atoms with Crippen LogP contribution in [0.1, 0.15) is 29.9 Å². The molecule has 3 heteroatoms. The van der Waals surface area contributed by atoms with Crippen LogP contribution in [-0.2, 0) is 11.2 Å². The van der Waals surface area contributed by atoms with Crippen molar-refractivity contribution in [1.29, 1.82) is 0 Å². The standard InChI is InChI=1S/C14H18N2O/c17-14-6-5-12(16-14)9-15-8-11-7-10-3-1-2-4-13(10)11/h1-4,11-12,15H,5-9H2,(H,16,17). The lowest BCUT2D eigenvalue weighted by Crippen LogP contribution is -2.38. The molecule has 0 bridgehead atoms. The van der Waals surface area contributed by atoms with Gasteiger partial charge in [-0.3, -0.25) is 4.79 Å². The smallest absolute Gasteiger partial charge is 0.220 e. The zero-order valence-corrected chi connectivity index (χ0v) is 9.91. The van der Waals surface area contributed by atoms with Crippen LogP contribution in [0.2, 0.25) is 0 Å². The van der Waals surface area contributed by atoms with E-state index in [4.69, 9.17) is 0 Å². The van der Waals surface area contributed by atoms with E-state index >= 15 is 0 Å². The van der Waals surface area contributed by atoms with Gasteiger partial charge in [-0.05, 0) is 24.0 Å². The average Bonchev–Trinajstić information content (AvgIpc) is 2.71. The molecule has 3 rings (SSSR count). The van der Waals surface area contributed by atoms with Crippen LogP contribution in [-0.4, -0.2) is 25.0 Å². The molecule has 1 saturated heterocycles. The predicted octanol–water partition coefficient (Wildman–Crippen LogP) is 1.19. The van der Waals surface area contributed by atoms with Crippen molar-refractivity contribution in [2.24, 2.45) is 0 Å². The Morgan fingerprint density at radius 3 is 2.94 bits per heavy atom. The normalized spacial score (nSPS) is 26.2. The summed E-state index contributed by atoms with van der Waals surface area (Å²) >= 11 is 0. The highest BCUT2D eigenvalue weighted by Gasteiger charge is 2.25. The number of benzene rings is 1. The molecule has 1 heterocycles. The predicted molar refractivity (Wildman–Crippen MR) is 66.9 cm³/mol. The summed E-state index contributed by atoms with van der Waals surface area (Å²) in [7, 11) is 0. The van der Waals surface area contributed by atoms with Gasteiger partial charge in [0.1, 0.15) is 0 Å². The Labute approximate surface area is 102 Å².